The molecule has 0 bridgehead atoms. The molecule has 1 fully saturated rings. The standard InChI is InChI=1S/C28H36ClN3O7/c1-32(28(35)36)18-24(15-19-9-12-38-13-10-19)31-26(33)22-7-3-5-20(16-22)25(21-6-4-8-23(29)17-21)39-14-11-30-27(34)37-2/h3-8,16-17,19,24-25H,9-15,18H2,1-2H3,(H,30,34)(H,31,33)(H,35,36). The predicted octanol–water partition coefficient (Wildman–Crippen LogP) is 4.33. The summed E-state index contributed by atoms with van der Waals surface area (Å²) in [5.74, 6) is 0.0432. The summed E-state index contributed by atoms with van der Waals surface area (Å²) in [7, 11) is 2.78. The van der Waals surface area contributed by atoms with E-state index in [1.807, 2.05) is 18.2 Å². The van der Waals surface area contributed by atoms with Gasteiger partial charge in [0, 0.05) is 50.0 Å². The van der Waals surface area contributed by atoms with E-state index in [2.05, 4.69) is 15.4 Å². The van der Waals surface area contributed by atoms with Crippen molar-refractivity contribution in [3.05, 3.63) is 70.2 Å². The molecule has 1 saturated heterocycles. The molecule has 1 aliphatic heterocycles. The van der Waals surface area contributed by atoms with Crippen LogP contribution in [-0.4, -0.2) is 81.2 Å². The smallest absolute Gasteiger partial charge is 0.407 e. The van der Waals surface area contributed by atoms with E-state index in [4.69, 9.17) is 21.1 Å². The number of halogens is 1. The summed E-state index contributed by atoms with van der Waals surface area (Å²) in [5.41, 5.74) is 1.94. The summed E-state index contributed by atoms with van der Waals surface area (Å²) in [6.45, 7) is 1.94. The number of amides is 3. The molecule has 2 aromatic rings. The summed E-state index contributed by atoms with van der Waals surface area (Å²) in [5, 5.41) is 15.6. The summed E-state index contributed by atoms with van der Waals surface area (Å²) < 4.78 is 16.2. The Bertz CT molecular complexity index is 1110. The minimum absolute atomic E-state index is 0.180. The molecule has 0 spiro atoms. The van der Waals surface area contributed by atoms with Gasteiger partial charge in [0.25, 0.3) is 5.91 Å². The molecule has 11 heteroatoms. The Balaban J connectivity index is 1.77. The van der Waals surface area contributed by atoms with Gasteiger partial charge in [0.2, 0.25) is 0 Å². The largest absolute Gasteiger partial charge is 0.465 e. The number of alkyl carbamates (subject to hydrolysis) is 1. The van der Waals surface area contributed by atoms with Gasteiger partial charge in [-0.05, 0) is 60.6 Å². The first-order valence-corrected chi connectivity index (χ1v) is 13.3. The third-order valence-corrected chi connectivity index (χ3v) is 6.79. The zero-order chi connectivity index (χ0) is 28.2. The van der Waals surface area contributed by atoms with Crippen LogP contribution in [-0.2, 0) is 14.2 Å². The molecule has 3 amide bonds. The van der Waals surface area contributed by atoms with Gasteiger partial charge in [0.15, 0.2) is 0 Å². The molecule has 2 unspecified atom stereocenters. The van der Waals surface area contributed by atoms with Crippen LogP contribution in [0.25, 0.3) is 0 Å². The van der Waals surface area contributed by atoms with Gasteiger partial charge in [-0.3, -0.25) is 4.79 Å². The number of nitrogens with zero attached hydrogens (tertiary/aromatic N) is 1. The predicted molar refractivity (Wildman–Crippen MR) is 146 cm³/mol. The van der Waals surface area contributed by atoms with Gasteiger partial charge < -0.3 is 34.9 Å². The van der Waals surface area contributed by atoms with Gasteiger partial charge in [0.1, 0.15) is 6.10 Å². The van der Waals surface area contributed by atoms with E-state index in [0.29, 0.717) is 36.1 Å². The van der Waals surface area contributed by atoms with Crippen LogP contribution >= 0.6 is 11.6 Å². The Labute approximate surface area is 233 Å². The average molecular weight is 562 g/mol. The monoisotopic (exact) mass is 561 g/mol. The van der Waals surface area contributed by atoms with Gasteiger partial charge in [0.05, 0.1) is 13.7 Å². The number of carboxylic acid groups (broad SMARTS) is 1. The lowest BCUT2D eigenvalue weighted by molar-refractivity contribution is 0.0580. The number of carbonyl (C=O) groups is 3. The molecule has 0 radical (unpaired) electrons. The highest BCUT2D eigenvalue weighted by Gasteiger charge is 2.24. The summed E-state index contributed by atoms with van der Waals surface area (Å²) in [4.78, 5) is 37.4. The van der Waals surface area contributed by atoms with Crippen LogP contribution in [0.2, 0.25) is 5.02 Å². The van der Waals surface area contributed by atoms with E-state index in [1.165, 1.54) is 19.1 Å². The maximum atomic E-state index is 13.4. The maximum absolute atomic E-state index is 13.4. The quantitative estimate of drug-likeness (QED) is 0.329. The lowest BCUT2D eigenvalue weighted by Crippen LogP contribution is -2.45. The van der Waals surface area contributed by atoms with Crippen LogP contribution in [0.1, 0.15) is 46.9 Å². The SMILES string of the molecule is COC(=O)NCCOC(c1cccc(Cl)c1)c1cccc(C(=O)NC(CC2CCOCC2)CN(C)C(=O)O)c1. The molecule has 0 saturated carbocycles. The van der Waals surface area contributed by atoms with E-state index in [1.54, 1.807) is 30.3 Å². The minimum atomic E-state index is -1.05. The molecule has 1 aliphatic rings. The minimum Gasteiger partial charge on any atom is -0.465 e. The molecule has 2 aromatic carbocycles. The topological polar surface area (TPSA) is 126 Å². The molecule has 212 valence electrons. The van der Waals surface area contributed by atoms with Gasteiger partial charge in [-0.25, -0.2) is 9.59 Å². The Hall–Kier alpha value is -3.34. The van der Waals surface area contributed by atoms with Crippen molar-refractivity contribution < 1.29 is 33.7 Å². The molecular formula is C28H36ClN3O7. The van der Waals surface area contributed by atoms with Crippen molar-refractivity contribution in [1.82, 2.24) is 15.5 Å². The van der Waals surface area contributed by atoms with Crippen molar-refractivity contribution in [2.24, 2.45) is 5.92 Å². The normalized spacial score (nSPS) is 15.2. The highest BCUT2D eigenvalue weighted by atomic mass is 35.5. The number of likely N-dealkylation sites (N-methyl/N-ethyl adjacent to an activating group) is 1. The van der Waals surface area contributed by atoms with Crippen LogP contribution in [0.15, 0.2) is 48.5 Å². The zero-order valence-electron chi connectivity index (χ0n) is 22.2. The number of hydrogen-bond acceptors (Lipinski definition) is 6. The third kappa shape index (κ3) is 9.72. The first-order chi connectivity index (χ1) is 18.8. The zero-order valence-corrected chi connectivity index (χ0v) is 23.0. The third-order valence-electron chi connectivity index (χ3n) is 6.56. The second-order valence-electron chi connectivity index (χ2n) is 9.47. The van der Waals surface area contributed by atoms with Gasteiger partial charge >= 0.3 is 12.2 Å². The van der Waals surface area contributed by atoms with Gasteiger partial charge in [-0.15, -0.1) is 0 Å². The van der Waals surface area contributed by atoms with Crippen molar-refractivity contribution >= 4 is 29.7 Å². The van der Waals surface area contributed by atoms with Gasteiger partial charge in [-0.2, -0.15) is 0 Å². The molecule has 1 heterocycles. The number of methoxy groups -OCH3 is 1. The fourth-order valence-corrected chi connectivity index (χ4v) is 4.74. The number of ether oxygens (including phenoxy) is 3. The molecule has 3 N–H and O–H groups in total. The number of nitrogens with one attached hydrogen (secondary N) is 2. The molecule has 2 atom stereocenters. The van der Waals surface area contributed by atoms with E-state index in [0.717, 1.165) is 24.0 Å². The van der Waals surface area contributed by atoms with Crippen LogP contribution < -0.4 is 10.6 Å². The van der Waals surface area contributed by atoms with E-state index in [-0.39, 0.29) is 31.6 Å². The first kappa shape index (κ1) is 30.2. The van der Waals surface area contributed by atoms with Crippen molar-refractivity contribution in [2.45, 2.75) is 31.4 Å². The first-order valence-electron chi connectivity index (χ1n) is 12.9. The number of rotatable bonds is 12. The van der Waals surface area contributed by atoms with Crippen molar-refractivity contribution in [3.63, 3.8) is 0 Å². The van der Waals surface area contributed by atoms with Crippen molar-refractivity contribution in [3.8, 4) is 0 Å². The Morgan fingerprint density at radius 1 is 1.13 bits per heavy atom. The van der Waals surface area contributed by atoms with E-state index in [9.17, 15) is 19.5 Å². The Kier molecular flexibility index (Phi) is 11.9. The Morgan fingerprint density at radius 3 is 2.49 bits per heavy atom. The van der Waals surface area contributed by atoms with Crippen molar-refractivity contribution in [2.75, 3.05) is 47.1 Å². The average Bonchev–Trinajstić information content (AvgIpc) is 2.93. The Morgan fingerprint density at radius 2 is 1.82 bits per heavy atom. The fourth-order valence-electron chi connectivity index (χ4n) is 4.54. The van der Waals surface area contributed by atoms with Crippen LogP contribution in [0.4, 0.5) is 9.59 Å². The number of hydrogen-bond donors (Lipinski definition) is 3. The summed E-state index contributed by atoms with van der Waals surface area (Å²) in [6, 6.07) is 14.0. The van der Waals surface area contributed by atoms with Crippen molar-refractivity contribution in [1.29, 1.82) is 0 Å². The highest BCUT2D eigenvalue weighted by molar-refractivity contribution is 6.30. The lowest BCUT2D eigenvalue weighted by Gasteiger charge is -2.29. The second-order valence-corrected chi connectivity index (χ2v) is 9.91. The highest BCUT2D eigenvalue weighted by Crippen LogP contribution is 2.29. The summed E-state index contributed by atoms with van der Waals surface area (Å²) >= 11 is 6.23. The van der Waals surface area contributed by atoms with Crippen LogP contribution in [0.3, 0.4) is 0 Å². The molecule has 0 aliphatic carbocycles. The molecular weight excluding hydrogens is 526 g/mol. The molecule has 3 rings (SSSR count). The number of benzene rings is 2. The lowest BCUT2D eigenvalue weighted by atomic mass is 9.92. The van der Waals surface area contributed by atoms with E-state index < -0.39 is 18.3 Å². The molecule has 10 nitrogen and oxygen atoms in total. The van der Waals surface area contributed by atoms with Crippen LogP contribution in [0.5, 0.6) is 0 Å². The molecule has 0 aromatic heterocycles. The summed E-state index contributed by atoms with van der Waals surface area (Å²) in [6.07, 6.45) is 0.261. The fraction of sp³-hybridized carbons (Fsp3) is 0.464. The van der Waals surface area contributed by atoms with Gasteiger partial charge in [-0.1, -0.05) is 35.9 Å². The van der Waals surface area contributed by atoms with Crippen LogP contribution in [0, 0.1) is 5.92 Å². The second kappa shape index (κ2) is 15.3. The maximum Gasteiger partial charge on any atom is 0.407 e. The van der Waals surface area contributed by atoms with E-state index >= 15 is 0 Å². The number of carbonyl (C=O) groups excluding carboxylic acids is 2. The molecule has 39 heavy (non-hydrogen) atoms.